The zero-order valence-electron chi connectivity index (χ0n) is 16.0. The lowest BCUT2D eigenvalue weighted by atomic mass is 10.1. The van der Waals surface area contributed by atoms with Crippen molar-refractivity contribution in [1.82, 2.24) is 15.0 Å². The molecule has 2 saturated heterocycles. The molecule has 3 heterocycles. The first-order valence-corrected chi connectivity index (χ1v) is 11.2. The van der Waals surface area contributed by atoms with E-state index in [2.05, 4.69) is 65.0 Å². The van der Waals surface area contributed by atoms with E-state index in [1.807, 2.05) is 12.1 Å². The minimum Gasteiger partial charge on any atom is -0.341 e. The molecule has 0 radical (unpaired) electrons. The summed E-state index contributed by atoms with van der Waals surface area (Å²) in [5.74, 6) is 2.04. The van der Waals surface area contributed by atoms with Gasteiger partial charge in [-0.15, -0.1) is 0 Å². The van der Waals surface area contributed by atoms with Crippen molar-refractivity contribution in [3.05, 3.63) is 33.4 Å². The van der Waals surface area contributed by atoms with Gasteiger partial charge in [-0.05, 0) is 78.8 Å². The van der Waals surface area contributed by atoms with Crippen LogP contribution in [0.4, 0.5) is 17.8 Å². The molecule has 28 heavy (non-hydrogen) atoms. The van der Waals surface area contributed by atoms with Gasteiger partial charge in [0.2, 0.25) is 17.8 Å². The molecule has 7 nitrogen and oxygen atoms in total. The van der Waals surface area contributed by atoms with Crippen LogP contribution in [0, 0.1) is 3.57 Å². The number of halogens is 1. The van der Waals surface area contributed by atoms with Crippen LogP contribution in [-0.4, -0.2) is 47.3 Å². The molecule has 2 aliphatic heterocycles. The Kier molecular flexibility index (Phi) is 6.56. The van der Waals surface area contributed by atoms with Gasteiger partial charge in [0.05, 0.1) is 6.21 Å². The Morgan fingerprint density at radius 1 is 0.857 bits per heavy atom. The fourth-order valence-electron chi connectivity index (χ4n) is 3.63. The maximum absolute atomic E-state index is 4.80. The van der Waals surface area contributed by atoms with Gasteiger partial charge in [-0.25, -0.2) is 5.43 Å². The summed E-state index contributed by atoms with van der Waals surface area (Å²) in [4.78, 5) is 18.6. The molecule has 0 aliphatic carbocycles. The molecule has 0 atom stereocenters. The Morgan fingerprint density at radius 2 is 1.46 bits per heavy atom. The fourth-order valence-corrected chi connectivity index (χ4v) is 4.19. The Hall–Kier alpha value is -1.97. The van der Waals surface area contributed by atoms with Crippen molar-refractivity contribution in [2.75, 3.05) is 41.4 Å². The molecule has 8 heteroatoms. The van der Waals surface area contributed by atoms with E-state index in [0.717, 1.165) is 43.6 Å². The highest BCUT2D eigenvalue weighted by Crippen LogP contribution is 2.22. The molecule has 2 aromatic rings. The number of rotatable bonds is 5. The van der Waals surface area contributed by atoms with E-state index in [-0.39, 0.29) is 0 Å². The molecule has 1 N–H and O–H groups in total. The number of nitrogens with zero attached hydrogens (tertiary/aromatic N) is 6. The Balaban J connectivity index is 1.55. The van der Waals surface area contributed by atoms with Crippen LogP contribution in [0.2, 0.25) is 0 Å². The van der Waals surface area contributed by atoms with Crippen LogP contribution >= 0.6 is 22.6 Å². The normalized spacial score (nSPS) is 17.9. The van der Waals surface area contributed by atoms with Gasteiger partial charge in [0.15, 0.2) is 0 Å². The number of benzene rings is 1. The second kappa shape index (κ2) is 9.49. The molecule has 148 valence electrons. The molecule has 1 aromatic heterocycles. The van der Waals surface area contributed by atoms with Crippen molar-refractivity contribution in [3.8, 4) is 0 Å². The summed E-state index contributed by atoms with van der Waals surface area (Å²) in [7, 11) is 0. The standard InChI is InChI=1S/C20H26IN7/c21-17-9-7-8-16(14-17)15-22-26-18-23-19(27-10-3-1-4-11-27)25-20(24-18)28-12-5-2-6-13-28/h7-9,14-15H,1-6,10-13H2,(H,23,24,25,26). The van der Waals surface area contributed by atoms with E-state index in [1.54, 1.807) is 6.21 Å². The summed E-state index contributed by atoms with van der Waals surface area (Å²) in [5, 5.41) is 4.36. The number of nitrogens with one attached hydrogen (secondary N) is 1. The first kappa shape index (κ1) is 19.4. The minimum atomic E-state index is 0.512. The zero-order valence-corrected chi connectivity index (χ0v) is 18.2. The number of anilines is 3. The zero-order chi connectivity index (χ0) is 19.2. The van der Waals surface area contributed by atoms with Gasteiger partial charge in [0.25, 0.3) is 0 Å². The molecular weight excluding hydrogens is 465 g/mol. The lowest BCUT2D eigenvalue weighted by Gasteiger charge is -2.30. The maximum Gasteiger partial charge on any atom is 0.250 e. The average Bonchev–Trinajstić information content (AvgIpc) is 2.75. The van der Waals surface area contributed by atoms with Crippen molar-refractivity contribution in [1.29, 1.82) is 0 Å². The summed E-state index contributed by atoms with van der Waals surface area (Å²) >= 11 is 2.30. The number of hydrogen-bond donors (Lipinski definition) is 1. The van der Waals surface area contributed by atoms with E-state index in [9.17, 15) is 0 Å². The summed E-state index contributed by atoms with van der Waals surface area (Å²) < 4.78 is 1.18. The van der Waals surface area contributed by atoms with Gasteiger partial charge in [-0.1, -0.05) is 12.1 Å². The Morgan fingerprint density at radius 3 is 2.04 bits per heavy atom. The third-order valence-electron chi connectivity index (χ3n) is 5.12. The highest BCUT2D eigenvalue weighted by atomic mass is 127. The van der Waals surface area contributed by atoms with Gasteiger partial charge < -0.3 is 9.80 Å². The van der Waals surface area contributed by atoms with E-state index in [1.165, 1.54) is 42.1 Å². The molecule has 4 rings (SSSR count). The maximum atomic E-state index is 4.80. The Bertz CT molecular complexity index is 778. The van der Waals surface area contributed by atoms with Crippen LogP contribution < -0.4 is 15.2 Å². The fraction of sp³-hybridized carbons (Fsp3) is 0.500. The molecule has 2 fully saturated rings. The van der Waals surface area contributed by atoms with Gasteiger partial charge in [-0.3, -0.25) is 0 Å². The first-order chi connectivity index (χ1) is 13.8. The number of piperidine rings is 2. The predicted octanol–water partition coefficient (Wildman–Crippen LogP) is 3.90. The average molecular weight is 491 g/mol. The monoisotopic (exact) mass is 491 g/mol. The van der Waals surface area contributed by atoms with Gasteiger partial charge in [-0.2, -0.15) is 20.1 Å². The Labute approximate surface area is 179 Å². The molecular formula is C20H26IN7. The lowest BCUT2D eigenvalue weighted by Crippen LogP contribution is -2.34. The molecule has 0 bridgehead atoms. The number of hydrazone groups is 1. The van der Waals surface area contributed by atoms with Crippen molar-refractivity contribution in [2.45, 2.75) is 38.5 Å². The van der Waals surface area contributed by atoms with E-state index < -0.39 is 0 Å². The molecule has 2 aliphatic rings. The van der Waals surface area contributed by atoms with Crippen LogP contribution in [0.1, 0.15) is 44.1 Å². The second-order valence-electron chi connectivity index (χ2n) is 7.28. The lowest BCUT2D eigenvalue weighted by molar-refractivity contribution is 0.556. The van der Waals surface area contributed by atoms with Gasteiger partial charge in [0, 0.05) is 29.7 Å². The second-order valence-corrected chi connectivity index (χ2v) is 8.53. The van der Waals surface area contributed by atoms with Crippen molar-refractivity contribution in [3.63, 3.8) is 0 Å². The van der Waals surface area contributed by atoms with E-state index in [0.29, 0.717) is 5.95 Å². The summed E-state index contributed by atoms with van der Waals surface area (Å²) in [6, 6.07) is 8.19. The number of hydrogen-bond acceptors (Lipinski definition) is 7. The van der Waals surface area contributed by atoms with Crippen LogP contribution in [0.15, 0.2) is 29.4 Å². The van der Waals surface area contributed by atoms with Gasteiger partial charge in [0.1, 0.15) is 0 Å². The SMILES string of the molecule is Ic1cccc(C=NNc2nc(N3CCCCC3)nc(N3CCCCC3)n2)c1. The topological polar surface area (TPSA) is 69.5 Å². The largest absolute Gasteiger partial charge is 0.341 e. The third-order valence-corrected chi connectivity index (χ3v) is 5.79. The van der Waals surface area contributed by atoms with Crippen molar-refractivity contribution >= 4 is 46.7 Å². The van der Waals surface area contributed by atoms with Crippen LogP contribution in [0.3, 0.4) is 0 Å². The van der Waals surface area contributed by atoms with E-state index >= 15 is 0 Å². The van der Waals surface area contributed by atoms with Crippen LogP contribution in [0.25, 0.3) is 0 Å². The summed E-state index contributed by atoms with van der Waals surface area (Å²) in [5.41, 5.74) is 4.07. The highest BCUT2D eigenvalue weighted by molar-refractivity contribution is 14.1. The molecule has 0 amide bonds. The highest BCUT2D eigenvalue weighted by Gasteiger charge is 2.20. The van der Waals surface area contributed by atoms with Crippen LogP contribution in [-0.2, 0) is 0 Å². The van der Waals surface area contributed by atoms with E-state index in [4.69, 9.17) is 4.98 Å². The molecule has 0 spiro atoms. The van der Waals surface area contributed by atoms with Crippen molar-refractivity contribution in [2.24, 2.45) is 5.10 Å². The number of aromatic nitrogens is 3. The first-order valence-electron chi connectivity index (χ1n) is 10.1. The molecule has 0 saturated carbocycles. The third kappa shape index (κ3) is 5.09. The van der Waals surface area contributed by atoms with Gasteiger partial charge >= 0.3 is 0 Å². The minimum absolute atomic E-state index is 0.512. The summed E-state index contributed by atoms with van der Waals surface area (Å²) in [6.07, 6.45) is 9.14. The quantitative estimate of drug-likeness (QED) is 0.389. The molecule has 0 unspecified atom stereocenters. The smallest absolute Gasteiger partial charge is 0.250 e. The predicted molar refractivity (Wildman–Crippen MR) is 122 cm³/mol. The van der Waals surface area contributed by atoms with Crippen LogP contribution in [0.5, 0.6) is 0 Å². The van der Waals surface area contributed by atoms with Crippen molar-refractivity contribution < 1.29 is 0 Å². The molecule has 1 aromatic carbocycles. The summed E-state index contributed by atoms with van der Waals surface area (Å²) in [6.45, 7) is 4.03.